The van der Waals surface area contributed by atoms with E-state index in [1.165, 1.54) is 0 Å². The molecule has 0 spiro atoms. The van der Waals surface area contributed by atoms with E-state index in [0.29, 0.717) is 31.7 Å². The Morgan fingerprint density at radius 2 is 1.88 bits per heavy atom. The number of rotatable bonds is 2. The van der Waals surface area contributed by atoms with E-state index in [4.69, 9.17) is 11.6 Å². The SMILES string of the molecule is CC(C)(C)C(=O)NC1CCN(c2ncc(C(F)(F)F)cc2Cl)CC1. The zero-order valence-corrected chi connectivity index (χ0v) is 14.6. The first-order chi connectivity index (χ1) is 11.0. The Balaban J connectivity index is 1.99. The number of piperidine rings is 1. The number of carbonyl (C=O) groups is 1. The first kappa shape index (κ1) is 18.8. The summed E-state index contributed by atoms with van der Waals surface area (Å²) < 4.78 is 38.0. The minimum atomic E-state index is -4.46. The van der Waals surface area contributed by atoms with Gasteiger partial charge in [0.25, 0.3) is 0 Å². The Bertz CT molecular complexity index is 606. The summed E-state index contributed by atoms with van der Waals surface area (Å²) in [7, 11) is 0. The van der Waals surface area contributed by atoms with Gasteiger partial charge in [0, 0.05) is 30.7 Å². The van der Waals surface area contributed by atoms with E-state index in [9.17, 15) is 18.0 Å². The predicted octanol–water partition coefficient (Wildman–Crippen LogP) is 3.88. The summed E-state index contributed by atoms with van der Waals surface area (Å²) in [5, 5.41) is 2.99. The number of alkyl halides is 3. The molecule has 1 N–H and O–H groups in total. The second kappa shape index (κ2) is 6.78. The van der Waals surface area contributed by atoms with E-state index < -0.39 is 17.2 Å². The third-order valence-corrected chi connectivity index (χ3v) is 4.24. The van der Waals surface area contributed by atoms with Crippen molar-refractivity contribution in [2.45, 2.75) is 45.8 Å². The summed E-state index contributed by atoms with van der Waals surface area (Å²) >= 11 is 5.98. The van der Waals surface area contributed by atoms with Gasteiger partial charge in [-0.15, -0.1) is 0 Å². The maximum atomic E-state index is 12.7. The molecule has 0 bridgehead atoms. The summed E-state index contributed by atoms with van der Waals surface area (Å²) in [5.74, 6) is 0.344. The van der Waals surface area contributed by atoms with Gasteiger partial charge in [0.1, 0.15) is 5.82 Å². The molecule has 24 heavy (non-hydrogen) atoms. The van der Waals surface area contributed by atoms with Crippen molar-refractivity contribution in [3.8, 4) is 0 Å². The molecule has 1 fully saturated rings. The van der Waals surface area contributed by atoms with Gasteiger partial charge in [0.2, 0.25) is 5.91 Å². The van der Waals surface area contributed by atoms with Crippen molar-refractivity contribution in [3.05, 3.63) is 22.8 Å². The number of anilines is 1. The van der Waals surface area contributed by atoms with Gasteiger partial charge in [-0.2, -0.15) is 13.2 Å². The molecular formula is C16H21ClF3N3O. The van der Waals surface area contributed by atoms with Gasteiger partial charge in [-0.05, 0) is 18.9 Å². The number of halogens is 4. The molecule has 4 nitrogen and oxygen atoms in total. The van der Waals surface area contributed by atoms with E-state index >= 15 is 0 Å². The monoisotopic (exact) mass is 363 g/mol. The standard InChI is InChI=1S/C16H21ClF3N3O/c1-15(2,3)14(24)22-11-4-6-23(7-5-11)13-12(17)8-10(9-21-13)16(18,19)20/h8-9,11H,4-7H2,1-3H3,(H,22,24). The number of nitrogens with one attached hydrogen (secondary N) is 1. The summed E-state index contributed by atoms with van der Waals surface area (Å²) in [6.45, 7) is 6.70. The first-order valence-electron chi connectivity index (χ1n) is 7.77. The number of carbonyl (C=O) groups excluding carboxylic acids is 1. The number of hydrogen-bond acceptors (Lipinski definition) is 3. The van der Waals surface area contributed by atoms with Gasteiger partial charge >= 0.3 is 6.18 Å². The van der Waals surface area contributed by atoms with Crippen molar-refractivity contribution in [1.82, 2.24) is 10.3 Å². The molecule has 0 aromatic carbocycles. The highest BCUT2D eigenvalue weighted by Gasteiger charge is 2.32. The third kappa shape index (κ3) is 4.53. The summed E-state index contributed by atoms with van der Waals surface area (Å²) in [4.78, 5) is 17.7. The molecule has 0 radical (unpaired) electrons. The van der Waals surface area contributed by atoms with Gasteiger partial charge in [0.15, 0.2) is 0 Å². The summed E-state index contributed by atoms with van der Waals surface area (Å²) in [6.07, 6.45) is -2.27. The lowest BCUT2D eigenvalue weighted by Gasteiger charge is -2.34. The molecular weight excluding hydrogens is 343 g/mol. The molecule has 0 atom stereocenters. The van der Waals surface area contributed by atoms with Crippen LogP contribution < -0.4 is 10.2 Å². The molecule has 1 aliphatic heterocycles. The normalized spacial score (nSPS) is 17.0. The first-order valence-corrected chi connectivity index (χ1v) is 8.15. The van der Waals surface area contributed by atoms with Gasteiger partial charge in [0.05, 0.1) is 10.6 Å². The van der Waals surface area contributed by atoms with E-state index in [1.54, 1.807) is 0 Å². The predicted molar refractivity (Wildman–Crippen MR) is 87.1 cm³/mol. The summed E-state index contributed by atoms with van der Waals surface area (Å²) in [5.41, 5.74) is -1.31. The number of aromatic nitrogens is 1. The average Bonchev–Trinajstić information content (AvgIpc) is 2.46. The van der Waals surface area contributed by atoms with Crippen LogP contribution in [0.1, 0.15) is 39.2 Å². The van der Waals surface area contributed by atoms with E-state index in [-0.39, 0.29) is 17.0 Å². The van der Waals surface area contributed by atoms with Crippen molar-refractivity contribution >= 4 is 23.3 Å². The molecule has 1 amide bonds. The van der Waals surface area contributed by atoms with Gasteiger partial charge in [-0.25, -0.2) is 4.98 Å². The average molecular weight is 364 g/mol. The lowest BCUT2D eigenvalue weighted by atomic mass is 9.94. The maximum Gasteiger partial charge on any atom is 0.417 e. The Kier molecular flexibility index (Phi) is 5.32. The van der Waals surface area contributed by atoms with Crippen LogP contribution in [0.3, 0.4) is 0 Å². The molecule has 0 saturated carbocycles. The van der Waals surface area contributed by atoms with Crippen LogP contribution in [0.4, 0.5) is 19.0 Å². The largest absolute Gasteiger partial charge is 0.417 e. The highest BCUT2D eigenvalue weighted by molar-refractivity contribution is 6.33. The van der Waals surface area contributed by atoms with Crippen LogP contribution in [0.25, 0.3) is 0 Å². The van der Waals surface area contributed by atoms with E-state index in [0.717, 1.165) is 12.3 Å². The van der Waals surface area contributed by atoms with Crippen LogP contribution in [0.15, 0.2) is 12.3 Å². The molecule has 2 rings (SSSR count). The van der Waals surface area contributed by atoms with Gasteiger partial charge in [-0.1, -0.05) is 32.4 Å². The third-order valence-electron chi connectivity index (χ3n) is 3.96. The van der Waals surface area contributed by atoms with Gasteiger partial charge < -0.3 is 10.2 Å². The van der Waals surface area contributed by atoms with Crippen LogP contribution in [-0.2, 0) is 11.0 Å². The highest BCUT2D eigenvalue weighted by atomic mass is 35.5. The fourth-order valence-corrected chi connectivity index (χ4v) is 2.74. The molecule has 1 saturated heterocycles. The summed E-state index contributed by atoms with van der Waals surface area (Å²) in [6, 6.07) is 0.957. The smallest absolute Gasteiger partial charge is 0.355 e. The number of pyridine rings is 1. The Morgan fingerprint density at radius 3 is 2.33 bits per heavy atom. The quantitative estimate of drug-likeness (QED) is 0.867. The van der Waals surface area contributed by atoms with Crippen molar-refractivity contribution in [2.75, 3.05) is 18.0 Å². The minimum Gasteiger partial charge on any atom is -0.355 e. The molecule has 2 heterocycles. The van der Waals surface area contributed by atoms with Crippen LogP contribution >= 0.6 is 11.6 Å². The molecule has 1 aromatic rings. The number of hydrogen-bond donors (Lipinski definition) is 1. The zero-order chi connectivity index (χ0) is 18.1. The molecule has 1 aromatic heterocycles. The van der Waals surface area contributed by atoms with Crippen LogP contribution in [0.2, 0.25) is 5.02 Å². The van der Waals surface area contributed by atoms with Crippen LogP contribution in [-0.4, -0.2) is 30.0 Å². The Hall–Kier alpha value is -1.50. The number of nitrogens with zero attached hydrogens (tertiary/aromatic N) is 2. The van der Waals surface area contributed by atoms with E-state index in [2.05, 4.69) is 10.3 Å². The fraction of sp³-hybridized carbons (Fsp3) is 0.625. The molecule has 0 aliphatic carbocycles. The molecule has 8 heteroatoms. The minimum absolute atomic E-state index is 0.00774. The molecule has 134 valence electrons. The fourth-order valence-electron chi connectivity index (χ4n) is 2.46. The Labute approximate surface area is 144 Å². The molecule has 1 aliphatic rings. The lowest BCUT2D eigenvalue weighted by Crippen LogP contribution is -2.48. The van der Waals surface area contributed by atoms with Gasteiger partial charge in [-0.3, -0.25) is 4.79 Å². The van der Waals surface area contributed by atoms with Crippen molar-refractivity contribution in [3.63, 3.8) is 0 Å². The maximum absolute atomic E-state index is 12.7. The lowest BCUT2D eigenvalue weighted by molar-refractivity contribution is -0.137. The van der Waals surface area contributed by atoms with Crippen molar-refractivity contribution in [1.29, 1.82) is 0 Å². The van der Waals surface area contributed by atoms with Crippen molar-refractivity contribution in [2.24, 2.45) is 5.41 Å². The molecule has 0 unspecified atom stereocenters. The second-order valence-corrected chi connectivity index (χ2v) is 7.42. The van der Waals surface area contributed by atoms with E-state index in [1.807, 2.05) is 25.7 Å². The van der Waals surface area contributed by atoms with Crippen molar-refractivity contribution < 1.29 is 18.0 Å². The Morgan fingerprint density at radius 1 is 1.29 bits per heavy atom. The second-order valence-electron chi connectivity index (χ2n) is 7.01. The topological polar surface area (TPSA) is 45.2 Å². The zero-order valence-electron chi connectivity index (χ0n) is 13.9. The highest BCUT2D eigenvalue weighted by Crippen LogP contribution is 2.34. The number of amides is 1. The van der Waals surface area contributed by atoms with Crippen LogP contribution in [0, 0.1) is 5.41 Å². The van der Waals surface area contributed by atoms with Crippen LogP contribution in [0.5, 0.6) is 0 Å².